The fraction of sp³-hybridized carbons (Fsp3) is 0.429. The first-order chi connectivity index (χ1) is 9.19. The van der Waals surface area contributed by atoms with Crippen molar-refractivity contribution in [2.75, 3.05) is 6.54 Å². The predicted molar refractivity (Wildman–Crippen MR) is 71.0 cm³/mol. The molecule has 0 fully saturated rings. The summed E-state index contributed by atoms with van der Waals surface area (Å²) in [7, 11) is 0. The average Bonchev–Trinajstić information content (AvgIpc) is 2.84. The third kappa shape index (κ3) is 2.14. The van der Waals surface area contributed by atoms with Crippen LogP contribution in [0.3, 0.4) is 0 Å². The topological polar surface area (TPSA) is 56.7 Å². The number of rotatable bonds is 2. The summed E-state index contributed by atoms with van der Waals surface area (Å²) in [5, 5.41) is 8.48. The highest BCUT2D eigenvalue weighted by Crippen LogP contribution is 2.27. The Hall–Kier alpha value is -1.75. The molecule has 0 aliphatic carbocycles. The smallest absolute Gasteiger partial charge is 0.164 e. The monoisotopic (exact) mass is 260 g/mol. The van der Waals surface area contributed by atoms with Crippen molar-refractivity contribution in [2.24, 2.45) is 11.7 Å². The Bertz CT molecular complexity index is 605. The van der Waals surface area contributed by atoms with Crippen LogP contribution >= 0.6 is 0 Å². The number of nitrogens with two attached hydrogens (primary N) is 1. The van der Waals surface area contributed by atoms with E-state index in [-0.39, 0.29) is 5.82 Å². The lowest BCUT2D eigenvalue weighted by Crippen LogP contribution is -2.25. The Labute approximate surface area is 111 Å². The fourth-order valence-electron chi connectivity index (χ4n) is 2.63. The molecule has 19 heavy (non-hydrogen) atoms. The summed E-state index contributed by atoms with van der Waals surface area (Å²) >= 11 is 0. The van der Waals surface area contributed by atoms with Crippen molar-refractivity contribution in [3.05, 3.63) is 35.4 Å². The van der Waals surface area contributed by atoms with E-state index in [1.165, 1.54) is 12.1 Å². The lowest BCUT2D eigenvalue weighted by molar-refractivity contribution is 0.391. The Balaban J connectivity index is 2.03. The molecule has 2 aromatic rings. The van der Waals surface area contributed by atoms with Gasteiger partial charge in [0.05, 0.1) is 0 Å². The van der Waals surface area contributed by atoms with Crippen LogP contribution in [-0.2, 0) is 13.0 Å². The van der Waals surface area contributed by atoms with Crippen molar-refractivity contribution in [3.63, 3.8) is 0 Å². The quantitative estimate of drug-likeness (QED) is 0.897. The van der Waals surface area contributed by atoms with Gasteiger partial charge in [0.2, 0.25) is 0 Å². The Morgan fingerprint density at radius 2 is 2.26 bits per heavy atom. The minimum atomic E-state index is -0.242. The van der Waals surface area contributed by atoms with E-state index < -0.39 is 0 Å². The number of hydrogen-bond acceptors (Lipinski definition) is 3. The molecule has 2 heterocycles. The SMILES string of the molecule is Cc1ccc(F)cc1-c1nnc2n1CCC(CN)C2. The van der Waals surface area contributed by atoms with Crippen molar-refractivity contribution < 1.29 is 4.39 Å². The summed E-state index contributed by atoms with van der Waals surface area (Å²) in [5.74, 6) is 1.97. The highest BCUT2D eigenvalue weighted by atomic mass is 19.1. The lowest BCUT2D eigenvalue weighted by Gasteiger charge is -2.22. The van der Waals surface area contributed by atoms with Gasteiger partial charge in [-0.1, -0.05) is 6.07 Å². The van der Waals surface area contributed by atoms with Gasteiger partial charge in [0.15, 0.2) is 5.82 Å². The van der Waals surface area contributed by atoms with E-state index in [1.54, 1.807) is 6.07 Å². The van der Waals surface area contributed by atoms with Crippen molar-refractivity contribution in [1.29, 1.82) is 0 Å². The van der Waals surface area contributed by atoms with Crippen LogP contribution in [0.5, 0.6) is 0 Å². The van der Waals surface area contributed by atoms with Crippen molar-refractivity contribution in [1.82, 2.24) is 14.8 Å². The molecule has 1 aromatic carbocycles. The molecule has 1 aromatic heterocycles. The molecule has 0 amide bonds. The van der Waals surface area contributed by atoms with Crippen molar-refractivity contribution >= 4 is 0 Å². The molecule has 0 saturated heterocycles. The molecule has 0 radical (unpaired) electrons. The second-order valence-corrected chi connectivity index (χ2v) is 5.15. The van der Waals surface area contributed by atoms with Crippen LogP contribution in [0.25, 0.3) is 11.4 Å². The summed E-state index contributed by atoms with van der Waals surface area (Å²) in [6.45, 7) is 3.50. The molecular formula is C14H17FN4. The number of halogens is 1. The molecular weight excluding hydrogens is 243 g/mol. The van der Waals surface area contributed by atoms with Gasteiger partial charge in [-0.25, -0.2) is 4.39 Å². The Kier molecular flexibility index (Phi) is 3.06. The summed E-state index contributed by atoms with van der Waals surface area (Å²) in [6.07, 6.45) is 1.89. The third-order valence-electron chi connectivity index (χ3n) is 3.83. The van der Waals surface area contributed by atoms with Crippen LogP contribution in [-0.4, -0.2) is 21.3 Å². The fourth-order valence-corrected chi connectivity index (χ4v) is 2.63. The molecule has 5 heteroatoms. The molecule has 0 spiro atoms. The average molecular weight is 260 g/mol. The van der Waals surface area contributed by atoms with E-state index in [0.29, 0.717) is 12.5 Å². The molecule has 1 atom stereocenters. The van der Waals surface area contributed by atoms with Gasteiger partial charge in [-0.2, -0.15) is 0 Å². The molecule has 1 unspecified atom stereocenters. The maximum atomic E-state index is 13.4. The molecule has 0 saturated carbocycles. The number of hydrogen-bond donors (Lipinski definition) is 1. The maximum absolute atomic E-state index is 13.4. The van der Waals surface area contributed by atoms with Crippen molar-refractivity contribution in [2.45, 2.75) is 26.3 Å². The van der Waals surface area contributed by atoms with Gasteiger partial charge < -0.3 is 10.3 Å². The predicted octanol–water partition coefficient (Wildman–Crippen LogP) is 1.91. The van der Waals surface area contributed by atoms with Crippen LogP contribution in [0, 0.1) is 18.7 Å². The maximum Gasteiger partial charge on any atom is 0.164 e. The largest absolute Gasteiger partial charge is 0.330 e. The Morgan fingerprint density at radius 3 is 3.05 bits per heavy atom. The Morgan fingerprint density at radius 1 is 1.42 bits per heavy atom. The third-order valence-corrected chi connectivity index (χ3v) is 3.83. The molecule has 1 aliphatic rings. The minimum absolute atomic E-state index is 0.242. The van der Waals surface area contributed by atoms with Gasteiger partial charge >= 0.3 is 0 Å². The molecule has 3 rings (SSSR count). The molecule has 4 nitrogen and oxygen atoms in total. The summed E-state index contributed by atoms with van der Waals surface area (Å²) in [5.41, 5.74) is 7.55. The van der Waals surface area contributed by atoms with Crippen LogP contribution < -0.4 is 5.73 Å². The minimum Gasteiger partial charge on any atom is -0.330 e. The number of aromatic nitrogens is 3. The standard InChI is InChI=1S/C14H17FN4/c1-9-2-3-11(15)7-12(9)14-18-17-13-6-10(8-16)4-5-19(13)14/h2-3,7,10H,4-6,8,16H2,1H3. The van der Waals surface area contributed by atoms with Crippen LogP contribution in [0.1, 0.15) is 17.8 Å². The zero-order valence-electron chi connectivity index (χ0n) is 10.9. The molecule has 1 aliphatic heterocycles. The number of fused-ring (bicyclic) bond motifs is 1. The number of aryl methyl sites for hydroxylation is 1. The van der Waals surface area contributed by atoms with Crippen LogP contribution in [0.4, 0.5) is 4.39 Å². The zero-order valence-corrected chi connectivity index (χ0v) is 10.9. The van der Waals surface area contributed by atoms with Gasteiger partial charge in [0, 0.05) is 18.5 Å². The first kappa shape index (κ1) is 12.3. The second-order valence-electron chi connectivity index (χ2n) is 5.15. The van der Waals surface area contributed by atoms with Gasteiger partial charge in [-0.15, -0.1) is 10.2 Å². The first-order valence-corrected chi connectivity index (χ1v) is 6.57. The van der Waals surface area contributed by atoms with Gasteiger partial charge in [-0.05, 0) is 43.5 Å². The van der Waals surface area contributed by atoms with E-state index in [2.05, 4.69) is 14.8 Å². The van der Waals surface area contributed by atoms with E-state index >= 15 is 0 Å². The highest BCUT2D eigenvalue weighted by Gasteiger charge is 2.23. The lowest BCUT2D eigenvalue weighted by atomic mass is 9.97. The van der Waals surface area contributed by atoms with E-state index in [0.717, 1.165) is 42.2 Å². The zero-order chi connectivity index (χ0) is 13.4. The van der Waals surface area contributed by atoms with Crippen molar-refractivity contribution in [3.8, 4) is 11.4 Å². The van der Waals surface area contributed by atoms with Crippen LogP contribution in [0.15, 0.2) is 18.2 Å². The van der Waals surface area contributed by atoms with Gasteiger partial charge in [0.1, 0.15) is 11.6 Å². The van der Waals surface area contributed by atoms with Gasteiger partial charge in [0.25, 0.3) is 0 Å². The summed E-state index contributed by atoms with van der Waals surface area (Å²) in [4.78, 5) is 0. The van der Waals surface area contributed by atoms with E-state index in [9.17, 15) is 4.39 Å². The molecule has 0 bridgehead atoms. The number of nitrogens with zero attached hydrogens (tertiary/aromatic N) is 3. The second kappa shape index (κ2) is 4.74. The van der Waals surface area contributed by atoms with Crippen LogP contribution in [0.2, 0.25) is 0 Å². The molecule has 2 N–H and O–H groups in total. The van der Waals surface area contributed by atoms with E-state index in [1.807, 2.05) is 6.92 Å². The highest BCUT2D eigenvalue weighted by molar-refractivity contribution is 5.60. The summed E-state index contributed by atoms with van der Waals surface area (Å²) in [6, 6.07) is 4.77. The van der Waals surface area contributed by atoms with Gasteiger partial charge in [-0.3, -0.25) is 0 Å². The normalized spacial score (nSPS) is 18.4. The number of benzene rings is 1. The summed E-state index contributed by atoms with van der Waals surface area (Å²) < 4.78 is 15.5. The molecule has 100 valence electrons. The first-order valence-electron chi connectivity index (χ1n) is 6.57. The van der Waals surface area contributed by atoms with E-state index in [4.69, 9.17) is 5.73 Å².